The summed E-state index contributed by atoms with van der Waals surface area (Å²) in [6.45, 7) is 0.726. The van der Waals surface area contributed by atoms with Crippen LogP contribution in [-0.4, -0.2) is 32.9 Å². The van der Waals surface area contributed by atoms with Crippen LogP contribution in [0.3, 0.4) is 0 Å². The van der Waals surface area contributed by atoms with E-state index in [1.165, 1.54) is 38.5 Å². The summed E-state index contributed by atoms with van der Waals surface area (Å²) < 4.78 is 6.60. The van der Waals surface area contributed by atoms with Gasteiger partial charge in [0.15, 0.2) is 5.82 Å². The third kappa shape index (κ3) is 3.66. The fourth-order valence-electron chi connectivity index (χ4n) is 5.83. The average molecular weight is 436 g/mol. The second-order valence-corrected chi connectivity index (χ2v) is 10.7. The van der Waals surface area contributed by atoms with Gasteiger partial charge in [-0.15, -0.1) is 0 Å². The number of aromatic amines is 1. The number of carbonyl (C=O) groups is 1. The Hall–Kier alpha value is -2.21. The van der Waals surface area contributed by atoms with Gasteiger partial charge >= 0.3 is 5.97 Å². The molecule has 0 spiro atoms. The lowest BCUT2D eigenvalue weighted by molar-refractivity contribution is -0.151. The number of rotatable bonds is 9. The minimum atomic E-state index is -0.864. The largest absolute Gasteiger partial charge is 0.481 e. The normalized spacial score (nSPS) is 30.5. The molecule has 0 radical (unpaired) electrons. The van der Waals surface area contributed by atoms with Crippen LogP contribution in [0.1, 0.15) is 87.3 Å². The Bertz CT molecular complexity index is 955. The summed E-state index contributed by atoms with van der Waals surface area (Å²) in [5.74, 6) is 3.73. The third-order valence-electron chi connectivity index (χ3n) is 8.42. The van der Waals surface area contributed by atoms with Crippen molar-refractivity contribution in [1.29, 1.82) is 0 Å². The second-order valence-electron chi connectivity index (χ2n) is 10.7. The van der Waals surface area contributed by atoms with Gasteiger partial charge in [0.25, 0.3) is 0 Å². The number of ether oxygens (including phenoxy) is 1. The van der Waals surface area contributed by atoms with Crippen molar-refractivity contribution in [2.75, 3.05) is 6.61 Å². The third-order valence-corrected chi connectivity index (χ3v) is 8.42. The molecule has 6 rings (SSSR count). The van der Waals surface area contributed by atoms with Crippen LogP contribution in [0, 0.1) is 17.8 Å². The molecule has 4 aliphatic carbocycles. The fraction of sp³-hybridized carbons (Fsp3) is 0.654. The molecule has 6 heteroatoms. The lowest BCUT2D eigenvalue weighted by Gasteiger charge is -2.43. The smallest absolute Gasteiger partial charge is 0.314 e. The first-order valence-corrected chi connectivity index (χ1v) is 12.5. The van der Waals surface area contributed by atoms with E-state index in [9.17, 15) is 9.90 Å². The van der Waals surface area contributed by atoms with Crippen LogP contribution in [-0.2, 0) is 20.5 Å². The molecule has 170 valence electrons. The van der Waals surface area contributed by atoms with Gasteiger partial charge < -0.3 is 9.84 Å². The summed E-state index contributed by atoms with van der Waals surface area (Å²) in [5, 5.41) is 18.2. The number of carboxylic acids is 1. The van der Waals surface area contributed by atoms with Crippen LogP contribution in [0.25, 0.3) is 0 Å². The molecule has 4 saturated carbocycles. The predicted molar refractivity (Wildman–Crippen MR) is 119 cm³/mol. The summed E-state index contributed by atoms with van der Waals surface area (Å²) >= 11 is 0. The summed E-state index contributed by atoms with van der Waals surface area (Å²) in [6.07, 6.45) is 10.0. The molecule has 1 heterocycles. The number of nitrogens with one attached hydrogen (secondary N) is 1. The number of hydrogen-bond donors (Lipinski definition) is 2. The molecule has 32 heavy (non-hydrogen) atoms. The highest BCUT2D eigenvalue weighted by Crippen LogP contribution is 2.54. The van der Waals surface area contributed by atoms with Gasteiger partial charge in [-0.25, -0.2) is 4.98 Å². The minimum absolute atomic E-state index is 0.516. The average Bonchev–Trinajstić information content (AvgIpc) is 3.67. The van der Waals surface area contributed by atoms with E-state index in [0.29, 0.717) is 37.5 Å². The van der Waals surface area contributed by atoms with Gasteiger partial charge in [-0.2, -0.15) is 5.10 Å². The molecule has 0 atom stereocenters. The van der Waals surface area contributed by atoms with Gasteiger partial charge in [-0.3, -0.25) is 9.89 Å². The molecule has 2 aromatic rings. The molecule has 6 nitrogen and oxygen atoms in total. The number of aliphatic carboxylic acids is 1. The monoisotopic (exact) mass is 435 g/mol. The lowest BCUT2D eigenvalue weighted by atomic mass is 9.65. The Labute approximate surface area is 189 Å². The maximum absolute atomic E-state index is 12.5. The Morgan fingerprint density at radius 3 is 2.25 bits per heavy atom. The van der Waals surface area contributed by atoms with Crippen molar-refractivity contribution in [3.8, 4) is 0 Å². The van der Waals surface area contributed by atoms with Crippen molar-refractivity contribution in [2.45, 2.75) is 81.1 Å². The molecular weight excluding hydrogens is 402 g/mol. The molecule has 0 saturated heterocycles. The van der Waals surface area contributed by atoms with E-state index < -0.39 is 17.0 Å². The van der Waals surface area contributed by atoms with Crippen molar-refractivity contribution in [3.63, 3.8) is 0 Å². The van der Waals surface area contributed by atoms with Crippen LogP contribution in [0.4, 0.5) is 0 Å². The molecular formula is C26H33N3O3. The van der Waals surface area contributed by atoms with Gasteiger partial charge in [0.2, 0.25) is 0 Å². The van der Waals surface area contributed by atoms with Crippen molar-refractivity contribution >= 4 is 5.97 Å². The van der Waals surface area contributed by atoms with Crippen molar-refractivity contribution in [1.82, 2.24) is 15.2 Å². The molecule has 0 amide bonds. The molecule has 2 N–H and O–H groups in total. The molecule has 0 unspecified atom stereocenters. The number of benzene rings is 1. The van der Waals surface area contributed by atoms with Crippen molar-refractivity contribution < 1.29 is 14.6 Å². The van der Waals surface area contributed by atoms with Crippen LogP contribution >= 0.6 is 0 Å². The van der Waals surface area contributed by atoms with Crippen LogP contribution in [0.5, 0.6) is 0 Å². The van der Waals surface area contributed by atoms with Crippen LogP contribution in [0.15, 0.2) is 30.3 Å². The number of carboxylic acid groups (broad SMARTS) is 1. The summed E-state index contributed by atoms with van der Waals surface area (Å²) in [4.78, 5) is 17.5. The van der Waals surface area contributed by atoms with E-state index >= 15 is 0 Å². The molecule has 1 aromatic heterocycles. The standard InChI is InChI=1S/C26H33N3O3/c30-24(31)25(20-4-2-1-3-5-20)12-14-26(15-13-25,32-16-17-6-7-17)23-27-22(28-29-23)21(18-8-9-18)19-10-11-19/h1-5,17-19,21H,6-16H2,(H,30,31)(H,27,28,29). The number of hydrogen-bond acceptors (Lipinski definition) is 4. The first-order valence-electron chi connectivity index (χ1n) is 12.5. The summed E-state index contributed by atoms with van der Waals surface area (Å²) in [5.41, 5.74) is -0.554. The topological polar surface area (TPSA) is 88.1 Å². The molecule has 0 bridgehead atoms. The van der Waals surface area contributed by atoms with E-state index in [-0.39, 0.29) is 0 Å². The number of H-pyrrole nitrogens is 1. The maximum atomic E-state index is 12.5. The fourth-order valence-corrected chi connectivity index (χ4v) is 5.83. The van der Waals surface area contributed by atoms with Gasteiger partial charge in [-0.05, 0) is 87.5 Å². The SMILES string of the molecule is O=C(O)C1(c2ccccc2)CCC(OCC2CC2)(c2n[nH]c(C(C3CC3)C3CC3)n2)CC1. The second kappa shape index (κ2) is 7.68. The van der Waals surface area contributed by atoms with E-state index in [1.807, 2.05) is 30.3 Å². The van der Waals surface area contributed by atoms with E-state index in [4.69, 9.17) is 14.8 Å². The Morgan fingerprint density at radius 1 is 1.03 bits per heavy atom. The minimum Gasteiger partial charge on any atom is -0.481 e. The molecule has 4 fully saturated rings. The van der Waals surface area contributed by atoms with E-state index in [1.54, 1.807) is 0 Å². The zero-order valence-electron chi connectivity index (χ0n) is 18.6. The van der Waals surface area contributed by atoms with E-state index in [2.05, 4.69) is 5.10 Å². The summed E-state index contributed by atoms with van der Waals surface area (Å²) in [7, 11) is 0. The Morgan fingerprint density at radius 2 is 1.69 bits per heavy atom. The molecule has 4 aliphatic rings. The van der Waals surface area contributed by atoms with Gasteiger partial charge in [0.05, 0.1) is 12.0 Å². The van der Waals surface area contributed by atoms with Gasteiger partial charge in [0.1, 0.15) is 11.4 Å². The quantitative estimate of drug-likeness (QED) is 0.583. The van der Waals surface area contributed by atoms with Crippen LogP contribution < -0.4 is 0 Å². The molecule has 0 aliphatic heterocycles. The summed E-state index contributed by atoms with van der Waals surface area (Å²) in [6, 6.07) is 9.71. The first-order chi connectivity index (χ1) is 15.6. The van der Waals surface area contributed by atoms with Crippen molar-refractivity contribution in [3.05, 3.63) is 47.5 Å². The van der Waals surface area contributed by atoms with Crippen molar-refractivity contribution in [2.24, 2.45) is 17.8 Å². The maximum Gasteiger partial charge on any atom is 0.314 e. The molecule has 1 aromatic carbocycles. The van der Waals surface area contributed by atoms with Gasteiger partial charge in [-0.1, -0.05) is 30.3 Å². The highest BCUT2D eigenvalue weighted by Gasteiger charge is 2.52. The number of nitrogens with zero attached hydrogens (tertiary/aromatic N) is 2. The Kier molecular flexibility index (Phi) is 4.90. The highest BCUT2D eigenvalue weighted by molar-refractivity contribution is 5.81. The zero-order chi connectivity index (χ0) is 21.8. The first kappa shape index (κ1) is 20.4. The van der Waals surface area contributed by atoms with E-state index in [0.717, 1.165) is 35.7 Å². The zero-order valence-corrected chi connectivity index (χ0v) is 18.6. The Balaban J connectivity index is 1.28. The predicted octanol–water partition coefficient (Wildman–Crippen LogP) is 4.93. The lowest BCUT2D eigenvalue weighted by Crippen LogP contribution is -2.46. The van der Waals surface area contributed by atoms with Gasteiger partial charge in [0, 0.05) is 5.92 Å². The highest BCUT2D eigenvalue weighted by atomic mass is 16.5. The number of aromatic nitrogens is 3. The van der Waals surface area contributed by atoms with Crippen LogP contribution in [0.2, 0.25) is 0 Å².